The van der Waals surface area contributed by atoms with Crippen LogP contribution in [0.15, 0.2) is 6.33 Å². The lowest BCUT2D eigenvalue weighted by molar-refractivity contribution is -0.155. The van der Waals surface area contributed by atoms with Crippen LogP contribution in [0.2, 0.25) is 0 Å². The fourth-order valence-corrected chi connectivity index (χ4v) is 7.64. The number of hydrogen-bond donors (Lipinski definition) is 7. The number of nitrogens with two attached hydrogens (primary N) is 1. The molecule has 3 heterocycles. The quantitative estimate of drug-likeness (QED) is 0.175. The summed E-state index contributed by atoms with van der Waals surface area (Å²) >= 11 is 0. The number of anilines is 2. The number of fused-ring (bicyclic) bond motifs is 2. The Morgan fingerprint density at radius 2 is 1.78 bits per heavy atom. The number of imidazole rings is 1. The summed E-state index contributed by atoms with van der Waals surface area (Å²) in [6, 6.07) is 0.262. The number of aliphatic hydroxyl groups is 2. The summed E-state index contributed by atoms with van der Waals surface area (Å²) in [5.74, 6) is 0.375. The van der Waals surface area contributed by atoms with Crippen LogP contribution in [0.3, 0.4) is 0 Å². The molecule has 37 heavy (non-hydrogen) atoms. The van der Waals surface area contributed by atoms with Gasteiger partial charge < -0.3 is 45.2 Å². The third kappa shape index (κ3) is 4.63. The van der Waals surface area contributed by atoms with Crippen molar-refractivity contribution in [2.24, 2.45) is 0 Å². The Hall–Kier alpha value is -1.56. The van der Waals surface area contributed by atoms with E-state index < -0.39 is 53.1 Å². The molecular weight excluding hydrogens is 565 g/mol. The van der Waals surface area contributed by atoms with Crippen molar-refractivity contribution in [3.05, 3.63) is 6.33 Å². The molecule has 0 radical (unpaired) electrons. The van der Waals surface area contributed by atoms with Gasteiger partial charge in [0.25, 0.3) is 0 Å². The SMILES string of the molecule is CN(c1nc(N)nc2c1ncn2[C@@H]1O[C@@H]2C(OP(=O)(O)OP(=O)(O)OP(=O)(O)O)[C@]2(O)[C@@]1(C)O)C1CC1. The fraction of sp³-hybridized carbons (Fsp3) is 0.667. The minimum Gasteiger partial charge on any atom is -0.382 e. The Kier molecular flexibility index (Phi) is 6.01. The van der Waals surface area contributed by atoms with E-state index in [1.165, 1.54) is 10.9 Å². The van der Waals surface area contributed by atoms with E-state index in [-0.39, 0.29) is 17.6 Å². The van der Waals surface area contributed by atoms with Gasteiger partial charge in [0, 0.05) is 13.1 Å². The lowest BCUT2D eigenvalue weighted by Crippen LogP contribution is -2.48. The first-order chi connectivity index (χ1) is 16.9. The van der Waals surface area contributed by atoms with Gasteiger partial charge in [-0.1, -0.05) is 0 Å². The van der Waals surface area contributed by atoms with Crippen LogP contribution in [0.25, 0.3) is 11.2 Å². The van der Waals surface area contributed by atoms with Crippen LogP contribution in [0.5, 0.6) is 0 Å². The highest BCUT2D eigenvalue weighted by atomic mass is 31.3. The highest BCUT2D eigenvalue weighted by molar-refractivity contribution is 7.66. The Labute approximate surface area is 207 Å². The number of nitrogens with zero attached hydrogens (tertiary/aromatic N) is 5. The third-order valence-electron chi connectivity index (χ3n) is 6.36. The average Bonchev–Trinajstić information content (AvgIpc) is 3.58. The second kappa shape index (κ2) is 8.22. The molecule has 19 nitrogen and oxygen atoms in total. The van der Waals surface area contributed by atoms with Crippen LogP contribution < -0.4 is 10.6 Å². The maximum atomic E-state index is 12.2. The van der Waals surface area contributed by atoms with E-state index in [0.717, 1.165) is 19.8 Å². The Morgan fingerprint density at radius 3 is 2.32 bits per heavy atom. The summed E-state index contributed by atoms with van der Waals surface area (Å²) in [6.45, 7) is 1.14. The number of aromatic nitrogens is 4. The number of rotatable bonds is 9. The molecule has 5 rings (SSSR count). The molecule has 2 saturated carbocycles. The summed E-state index contributed by atoms with van der Waals surface area (Å²) in [7, 11) is -15.1. The van der Waals surface area contributed by atoms with Gasteiger partial charge in [-0.05, 0) is 19.8 Å². The molecule has 1 saturated heterocycles. The van der Waals surface area contributed by atoms with Gasteiger partial charge in [-0.2, -0.15) is 18.6 Å². The zero-order valence-electron chi connectivity index (χ0n) is 19.0. The molecular formula is C15H23N6O13P3. The molecule has 0 bridgehead atoms. The highest BCUT2D eigenvalue weighted by Gasteiger charge is 2.84. The van der Waals surface area contributed by atoms with Gasteiger partial charge >= 0.3 is 23.5 Å². The van der Waals surface area contributed by atoms with Gasteiger partial charge in [0.2, 0.25) is 5.95 Å². The number of ether oxygens (including phenoxy) is 1. The summed E-state index contributed by atoms with van der Waals surface area (Å²) in [5.41, 5.74) is 1.86. The van der Waals surface area contributed by atoms with E-state index in [1.807, 2.05) is 11.9 Å². The monoisotopic (exact) mass is 588 g/mol. The van der Waals surface area contributed by atoms with E-state index in [4.69, 9.17) is 20.3 Å². The Balaban J connectivity index is 1.38. The van der Waals surface area contributed by atoms with E-state index in [1.54, 1.807) is 0 Å². The maximum absolute atomic E-state index is 12.2. The summed E-state index contributed by atoms with van der Waals surface area (Å²) < 4.78 is 53.5. The maximum Gasteiger partial charge on any atom is 0.490 e. The van der Waals surface area contributed by atoms with Gasteiger partial charge in [-0.25, -0.2) is 18.7 Å². The van der Waals surface area contributed by atoms with Crippen LogP contribution in [0.1, 0.15) is 26.0 Å². The molecule has 2 aliphatic carbocycles. The van der Waals surface area contributed by atoms with Gasteiger partial charge in [0.05, 0.1) is 6.33 Å². The van der Waals surface area contributed by atoms with Gasteiger partial charge in [-0.3, -0.25) is 9.09 Å². The molecule has 0 amide bonds. The van der Waals surface area contributed by atoms with Crippen molar-refractivity contribution in [1.82, 2.24) is 19.5 Å². The van der Waals surface area contributed by atoms with Crippen LogP contribution in [0, 0.1) is 0 Å². The predicted octanol–water partition coefficient (Wildman–Crippen LogP) is -0.888. The molecule has 3 fully saturated rings. The molecule has 206 valence electrons. The number of hydrogen-bond acceptors (Lipinski definition) is 14. The van der Waals surface area contributed by atoms with Gasteiger partial charge in [0.15, 0.2) is 28.8 Å². The smallest absolute Gasteiger partial charge is 0.382 e. The molecule has 3 unspecified atom stereocenters. The van der Waals surface area contributed by atoms with E-state index in [2.05, 4.69) is 28.1 Å². The summed E-state index contributed by atoms with van der Waals surface area (Å²) in [5, 5.41) is 22.3. The van der Waals surface area contributed by atoms with Crippen molar-refractivity contribution in [2.75, 3.05) is 17.7 Å². The normalized spacial score (nSPS) is 34.6. The zero-order valence-corrected chi connectivity index (χ0v) is 21.7. The van der Waals surface area contributed by atoms with Crippen molar-refractivity contribution in [3.63, 3.8) is 0 Å². The first-order valence-electron chi connectivity index (χ1n) is 10.5. The van der Waals surface area contributed by atoms with E-state index >= 15 is 0 Å². The lowest BCUT2D eigenvalue weighted by atomic mass is 9.95. The van der Waals surface area contributed by atoms with E-state index in [0.29, 0.717) is 11.3 Å². The standard InChI is InChI=1S/C15H23N6O13P3/c1-14(22)12(21-5-17-7-10(20(2)6-3-4-6)18-13(16)19-11(7)21)31-8-9(15(8,14)23)32-36(27,28)34-37(29,30)33-35(24,25)26/h5-6,8-9,12,22-23H,3-4H2,1-2H3,(H,27,28)(H,29,30)(H2,16,18,19)(H2,24,25,26)/t8-,9?,12-,14+,15+/m1/s1. The summed E-state index contributed by atoms with van der Waals surface area (Å²) in [6.07, 6.45) is -1.32. The molecule has 0 aromatic carbocycles. The Bertz CT molecular complexity index is 1410. The van der Waals surface area contributed by atoms with Crippen molar-refractivity contribution in [3.8, 4) is 0 Å². The van der Waals surface area contributed by atoms with Crippen LogP contribution in [-0.2, 0) is 31.6 Å². The highest BCUT2D eigenvalue weighted by Crippen LogP contribution is 2.70. The third-order valence-corrected chi connectivity index (χ3v) is 10.2. The van der Waals surface area contributed by atoms with Crippen molar-refractivity contribution >= 4 is 46.4 Å². The van der Waals surface area contributed by atoms with Gasteiger partial charge in [0.1, 0.15) is 17.8 Å². The van der Waals surface area contributed by atoms with Crippen LogP contribution in [-0.4, -0.2) is 85.8 Å². The topological polar surface area (TPSA) is 282 Å². The van der Waals surface area contributed by atoms with Crippen molar-refractivity contribution in [2.45, 2.75) is 55.4 Å². The van der Waals surface area contributed by atoms with Crippen LogP contribution >= 0.6 is 23.5 Å². The summed E-state index contributed by atoms with van der Waals surface area (Å²) in [4.78, 5) is 51.0. The van der Waals surface area contributed by atoms with E-state index in [9.17, 15) is 33.7 Å². The zero-order chi connectivity index (χ0) is 27.3. The Morgan fingerprint density at radius 1 is 1.14 bits per heavy atom. The number of nitrogen functional groups attached to an aromatic ring is 1. The number of phosphoric acid groups is 3. The second-order valence-corrected chi connectivity index (χ2v) is 13.4. The van der Waals surface area contributed by atoms with Crippen molar-refractivity contribution in [1.29, 1.82) is 0 Å². The number of phosphoric ester groups is 1. The molecule has 3 aliphatic rings. The first kappa shape index (κ1) is 27.0. The first-order valence-corrected chi connectivity index (χ1v) is 15.0. The minimum absolute atomic E-state index is 0.0798. The molecule has 8 N–H and O–H groups in total. The molecule has 1 aliphatic heterocycles. The predicted molar refractivity (Wildman–Crippen MR) is 119 cm³/mol. The largest absolute Gasteiger partial charge is 0.490 e. The molecule has 22 heteroatoms. The van der Waals surface area contributed by atoms with Gasteiger partial charge in [-0.15, -0.1) is 0 Å². The molecule has 0 spiro atoms. The molecule has 7 atom stereocenters. The molecule has 2 aromatic heterocycles. The minimum atomic E-state index is -5.78. The van der Waals surface area contributed by atoms with Crippen molar-refractivity contribution < 1.29 is 61.4 Å². The fourth-order valence-electron chi connectivity index (χ4n) is 4.42. The van der Waals surface area contributed by atoms with Crippen LogP contribution in [0.4, 0.5) is 11.8 Å². The average molecular weight is 588 g/mol. The molecule has 2 aromatic rings. The lowest BCUT2D eigenvalue weighted by Gasteiger charge is -2.33. The second-order valence-electron chi connectivity index (χ2n) is 9.07.